The Balaban J connectivity index is 2.11. The number of rotatable bonds is 3. The largest absolute Gasteiger partial charge is 0.416 e. The van der Waals surface area contributed by atoms with Gasteiger partial charge in [0.15, 0.2) is 0 Å². The van der Waals surface area contributed by atoms with Gasteiger partial charge in [-0.05, 0) is 43.0 Å². The maximum absolute atomic E-state index is 12.5. The molecule has 0 amide bonds. The zero-order valence-corrected chi connectivity index (χ0v) is 10.7. The highest BCUT2D eigenvalue weighted by Crippen LogP contribution is 2.33. The number of aryl methyl sites for hydroxylation is 1. The minimum atomic E-state index is -4.34. The third kappa shape index (κ3) is 3.48. The van der Waals surface area contributed by atoms with Crippen LogP contribution in [0.25, 0.3) is 0 Å². The van der Waals surface area contributed by atoms with Crippen molar-refractivity contribution in [2.24, 2.45) is 0 Å². The van der Waals surface area contributed by atoms with Gasteiger partial charge in [-0.25, -0.2) is 0 Å². The minimum absolute atomic E-state index is 0.0108. The zero-order valence-electron chi connectivity index (χ0n) is 10.7. The highest BCUT2D eigenvalue weighted by atomic mass is 19.4. The standard InChI is InChI=1S/C14H17F3O2/c1-9-7-10(14(15,16)17)4-5-12(9)13(18)8-11-3-2-6-19-11/h4-5,7,11,13,18H,2-3,6,8H2,1H3. The zero-order chi connectivity index (χ0) is 14.0. The first-order chi connectivity index (χ1) is 8.88. The summed E-state index contributed by atoms with van der Waals surface area (Å²) < 4.78 is 43.1. The smallest absolute Gasteiger partial charge is 0.388 e. The highest BCUT2D eigenvalue weighted by molar-refractivity contribution is 5.34. The molecule has 0 spiro atoms. The SMILES string of the molecule is Cc1cc(C(F)(F)F)ccc1C(O)CC1CCCO1. The molecule has 19 heavy (non-hydrogen) atoms. The third-order valence-corrected chi connectivity index (χ3v) is 3.47. The third-order valence-electron chi connectivity index (χ3n) is 3.47. The van der Waals surface area contributed by atoms with Gasteiger partial charge in [-0.15, -0.1) is 0 Å². The molecule has 2 atom stereocenters. The highest BCUT2D eigenvalue weighted by Gasteiger charge is 2.31. The molecule has 0 radical (unpaired) electrons. The van der Waals surface area contributed by atoms with E-state index < -0.39 is 17.8 Å². The van der Waals surface area contributed by atoms with Gasteiger partial charge in [0, 0.05) is 13.0 Å². The van der Waals surface area contributed by atoms with E-state index in [0.29, 0.717) is 24.2 Å². The number of aliphatic hydroxyl groups excluding tert-OH is 1. The van der Waals surface area contributed by atoms with Crippen molar-refractivity contribution in [3.8, 4) is 0 Å². The summed E-state index contributed by atoms with van der Waals surface area (Å²) in [6.45, 7) is 2.28. The fourth-order valence-electron chi connectivity index (χ4n) is 2.43. The number of alkyl halides is 3. The van der Waals surface area contributed by atoms with Gasteiger partial charge < -0.3 is 9.84 Å². The van der Waals surface area contributed by atoms with Crippen LogP contribution in [0.3, 0.4) is 0 Å². The number of hydrogen-bond acceptors (Lipinski definition) is 2. The summed E-state index contributed by atoms with van der Waals surface area (Å²) in [6.07, 6.45) is -2.79. The van der Waals surface area contributed by atoms with Crippen LogP contribution < -0.4 is 0 Å². The van der Waals surface area contributed by atoms with Crippen molar-refractivity contribution in [1.82, 2.24) is 0 Å². The quantitative estimate of drug-likeness (QED) is 0.912. The Morgan fingerprint density at radius 3 is 2.68 bits per heavy atom. The monoisotopic (exact) mass is 274 g/mol. The second-order valence-electron chi connectivity index (χ2n) is 4.96. The van der Waals surface area contributed by atoms with Crippen LogP contribution in [0.2, 0.25) is 0 Å². The van der Waals surface area contributed by atoms with E-state index in [2.05, 4.69) is 0 Å². The molecule has 2 unspecified atom stereocenters. The molecular weight excluding hydrogens is 257 g/mol. The van der Waals surface area contributed by atoms with Crippen LogP contribution in [-0.2, 0) is 10.9 Å². The van der Waals surface area contributed by atoms with E-state index in [1.165, 1.54) is 6.07 Å². The number of ether oxygens (including phenoxy) is 1. The Bertz CT molecular complexity index is 437. The number of halogens is 3. The van der Waals surface area contributed by atoms with Crippen LogP contribution in [-0.4, -0.2) is 17.8 Å². The first-order valence-electron chi connectivity index (χ1n) is 6.35. The van der Waals surface area contributed by atoms with E-state index in [9.17, 15) is 18.3 Å². The maximum atomic E-state index is 12.5. The van der Waals surface area contributed by atoms with Crippen molar-refractivity contribution in [1.29, 1.82) is 0 Å². The lowest BCUT2D eigenvalue weighted by molar-refractivity contribution is -0.137. The first kappa shape index (κ1) is 14.3. The molecule has 1 aromatic carbocycles. The van der Waals surface area contributed by atoms with Gasteiger partial charge in [-0.2, -0.15) is 13.2 Å². The molecule has 1 saturated heterocycles. The van der Waals surface area contributed by atoms with Gasteiger partial charge in [0.2, 0.25) is 0 Å². The van der Waals surface area contributed by atoms with E-state index in [0.717, 1.165) is 25.0 Å². The molecule has 1 aliphatic heterocycles. The molecular formula is C14H17F3O2. The van der Waals surface area contributed by atoms with Crippen LogP contribution in [0, 0.1) is 6.92 Å². The van der Waals surface area contributed by atoms with Gasteiger partial charge in [0.25, 0.3) is 0 Å². The fraction of sp³-hybridized carbons (Fsp3) is 0.571. The summed E-state index contributed by atoms with van der Waals surface area (Å²) in [5.74, 6) is 0. The lowest BCUT2D eigenvalue weighted by Gasteiger charge is -2.18. The molecule has 1 fully saturated rings. The second kappa shape index (κ2) is 5.51. The van der Waals surface area contributed by atoms with E-state index in [1.54, 1.807) is 6.92 Å². The maximum Gasteiger partial charge on any atom is 0.416 e. The number of benzene rings is 1. The minimum Gasteiger partial charge on any atom is -0.388 e. The van der Waals surface area contributed by atoms with Crippen LogP contribution in [0.5, 0.6) is 0 Å². The van der Waals surface area contributed by atoms with Gasteiger partial charge >= 0.3 is 6.18 Å². The topological polar surface area (TPSA) is 29.5 Å². The average molecular weight is 274 g/mol. The van der Waals surface area contributed by atoms with Crippen LogP contribution in [0.1, 0.15) is 42.1 Å². The van der Waals surface area contributed by atoms with Gasteiger partial charge in [-0.1, -0.05) is 6.07 Å². The second-order valence-corrected chi connectivity index (χ2v) is 4.96. The van der Waals surface area contributed by atoms with Crippen LogP contribution in [0.15, 0.2) is 18.2 Å². The summed E-state index contributed by atoms with van der Waals surface area (Å²) in [5, 5.41) is 10.1. The van der Waals surface area contributed by atoms with E-state index in [-0.39, 0.29) is 6.10 Å². The van der Waals surface area contributed by atoms with E-state index >= 15 is 0 Å². The molecule has 5 heteroatoms. The normalized spacial score (nSPS) is 21.6. The van der Waals surface area contributed by atoms with Crippen molar-refractivity contribution in [3.05, 3.63) is 34.9 Å². The van der Waals surface area contributed by atoms with Crippen molar-refractivity contribution in [3.63, 3.8) is 0 Å². The van der Waals surface area contributed by atoms with E-state index in [1.807, 2.05) is 0 Å². The summed E-state index contributed by atoms with van der Waals surface area (Å²) in [5.41, 5.74) is 0.321. The summed E-state index contributed by atoms with van der Waals surface area (Å²) in [6, 6.07) is 3.45. The average Bonchev–Trinajstić information content (AvgIpc) is 2.80. The molecule has 1 N–H and O–H groups in total. The molecule has 2 rings (SSSR count). The summed E-state index contributed by atoms with van der Waals surface area (Å²) in [7, 11) is 0. The fourth-order valence-corrected chi connectivity index (χ4v) is 2.43. The number of hydrogen-bond donors (Lipinski definition) is 1. The Labute approximate surface area is 110 Å². The molecule has 106 valence electrons. The van der Waals surface area contributed by atoms with Crippen molar-refractivity contribution >= 4 is 0 Å². The Morgan fingerprint density at radius 1 is 1.42 bits per heavy atom. The summed E-state index contributed by atoms with van der Waals surface area (Å²) >= 11 is 0. The molecule has 0 saturated carbocycles. The van der Waals surface area contributed by atoms with Crippen LogP contribution in [0.4, 0.5) is 13.2 Å². The molecule has 1 aliphatic rings. The predicted octanol–water partition coefficient (Wildman–Crippen LogP) is 3.62. The van der Waals surface area contributed by atoms with Crippen LogP contribution >= 0.6 is 0 Å². The molecule has 0 aromatic heterocycles. The van der Waals surface area contributed by atoms with Crippen molar-refractivity contribution in [2.45, 2.75) is 44.6 Å². The molecule has 2 nitrogen and oxygen atoms in total. The Morgan fingerprint density at radius 2 is 2.16 bits per heavy atom. The number of aliphatic hydroxyl groups is 1. The van der Waals surface area contributed by atoms with Gasteiger partial charge in [0.1, 0.15) is 0 Å². The lowest BCUT2D eigenvalue weighted by Crippen LogP contribution is -2.13. The molecule has 1 aromatic rings. The molecule has 0 bridgehead atoms. The van der Waals surface area contributed by atoms with Gasteiger partial charge in [0.05, 0.1) is 17.8 Å². The lowest BCUT2D eigenvalue weighted by atomic mass is 9.96. The Hall–Kier alpha value is -1.07. The summed E-state index contributed by atoms with van der Waals surface area (Å²) in [4.78, 5) is 0. The Kier molecular flexibility index (Phi) is 4.16. The molecule has 0 aliphatic carbocycles. The molecule has 1 heterocycles. The first-order valence-corrected chi connectivity index (χ1v) is 6.35. The predicted molar refractivity (Wildman–Crippen MR) is 64.7 cm³/mol. The van der Waals surface area contributed by atoms with Crippen molar-refractivity contribution in [2.75, 3.05) is 6.61 Å². The van der Waals surface area contributed by atoms with Gasteiger partial charge in [-0.3, -0.25) is 0 Å². The van der Waals surface area contributed by atoms with E-state index in [4.69, 9.17) is 4.74 Å². The van der Waals surface area contributed by atoms with Crippen molar-refractivity contribution < 1.29 is 23.0 Å².